The van der Waals surface area contributed by atoms with Crippen LogP contribution in [0.4, 0.5) is 27.8 Å². The molecule has 0 saturated carbocycles. The minimum absolute atomic E-state index is 0.0557. The van der Waals surface area contributed by atoms with Crippen molar-refractivity contribution in [2.75, 3.05) is 85.5 Å². The number of piperidine rings is 2. The summed E-state index contributed by atoms with van der Waals surface area (Å²) in [7, 11) is 0. The Labute approximate surface area is 335 Å². The molecule has 5 aliphatic heterocycles. The molecule has 4 fully saturated rings. The Kier molecular flexibility index (Phi) is 10.7. The average molecular weight is 794 g/mol. The number of fused-ring (bicyclic) bond motifs is 1. The topological polar surface area (TPSA) is 178 Å². The third-order valence-electron chi connectivity index (χ3n) is 11.8. The highest BCUT2D eigenvalue weighted by Gasteiger charge is 2.45. The number of hydrogen-bond acceptors (Lipinski definition) is 12. The van der Waals surface area contributed by atoms with Crippen molar-refractivity contribution in [3.05, 3.63) is 70.5 Å². The van der Waals surface area contributed by atoms with Gasteiger partial charge in [0.15, 0.2) is 0 Å². The lowest BCUT2D eigenvalue weighted by molar-refractivity contribution is -0.136. The van der Waals surface area contributed by atoms with Gasteiger partial charge in [0.1, 0.15) is 12.1 Å². The van der Waals surface area contributed by atoms with Gasteiger partial charge in [0.05, 0.1) is 39.8 Å². The van der Waals surface area contributed by atoms with Crippen molar-refractivity contribution < 1.29 is 24.0 Å². The summed E-state index contributed by atoms with van der Waals surface area (Å²) in [6.45, 7) is 9.79. The molecule has 2 N–H and O–H groups in total. The van der Waals surface area contributed by atoms with Crippen LogP contribution in [0.15, 0.2) is 48.8 Å². The Bertz CT molecular complexity index is 2130. The van der Waals surface area contributed by atoms with Crippen LogP contribution in [0.25, 0.3) is 0 Å². The van der Waals surface area contributed by atoms with Crippen LogP contribution in [-0.4, -0.2) is 132 Å². The molecule has 16 nitrogen and oxygen atoms in total. The van der Waals surface area contributed by atoms with Crippen LogP contribution in [-0.2, 0) is 9.59 Å². The molecule has 1 aromatic heterocycles. The van der Waals surface area contributed by atoms with Crippen molar-refractivity contribution in [2.45, 2.75) is 44.7 Å². The molecular formula is C40H44ClN11O5. The summed E-state index contributed by atoms with van der Waals surface area (Å²) in [6.07, 6.45) is 5.58. The van der Waals surface area contributed by atoms with Crippen molar-refractivity contribution in [3.63, 3.8) is 0 Å². The predicted molar refractivity (Wildman–Crippen MR) is 212 cm³/mol. The largest absolute Gasteiger partial charge is 0.369 e. The van der Waals surface area contributed by atoms with Crippen LogP contribution in [0.5, 0.6) is 0 Å². The molecule has 57 heavy (non-hydrogen) atoms. The Balaban J connectivity index is 0.769. The highest BCUT2D eigenvalue weighted by Crippen LogP contribution is 2.32. The zero-order valence-corrected chi connectivity index (χ0v) is 32.5. The smallest absolute Gasteiger partial charge is 0.322 e. The normalized spacial score (nSPS) is 22.1. The maximum Gasteiger partial charge on any atom is 0.322 e. The van der Waals surface area contributed by atoms with Gasteiger partial charge in [-0.3, -0.25) is 34.3 Å². The van der Waals surface area contributed by atoms with Crippen molar-refractivity contribution in [1.29, 1.82) is 5.26 Å². The first kappa shape index (κ1) is 38.1. The molecule has 5 aliphatic rings. The van der Waals surface area contributed by atoms with Gasteiger partial charge >= 0.3 is 6.03 Å². The van der Waals surface area contributed by atoms with Crippen LogP contribution >= 0.6 is 11.6 Å². The summed E-state index contributed by atoms with van der Waals surface area (Å²) < 4.78 is 0. The number of nitrogens with zero attached hydrogens (tertiary/aromatic N) is 9. The highest BCUT2D eigenvalue weighted by molar-refractivity contribution is 6.32. The third kappa shape index (κ3) is 7.81. The van der Waals surface area contributed by atoms with Crippen molar-refractivity contribution in [3.8, 4) is 6.07 Å². The highest BCUT2D eigenvalue weighted by atomic mass is 35.5. The molecule has 2 aromatic carbocycles. The zero-order chi connectivity index (χ0) is 39.8. The number of carbonyl (C=O) groups is 5. The number of halogens is 1. The molecule has 6 heterocycles. The lowest BCUT2D eigenvalue weighted by atomic mass is 9.96. The maximum atomic E-state index is 13.3. The lowest BCUT2D eigenvalue weighted by Gasteiger charge is -2.41. The van der Waals surface area contributed by atoms with Gasteiger partial charge in [-0.25, -0.2) is 14.8 Å². The van der Waals surface area contributed by atoms with Crippen LogP contribution in [0.3, 0.4) is 0 Å². The number of rotatable bonds is 7. The summed E-state index contributed by atoms with van der Waals surface area (Å²) in [5, 5.41) is 14.8. The molecule has 3 aromatic rings. The molecule has 2 atom stereocenters. The average Bonchev–Trinajstić information content (AvgIpc) is 3.46. The van der Waals surface area contributed by atoms with Gasteiger partial charge in [-0.05, 0) is 68.5 Å². The summed E-state index contributed by atoms with van der Waals surface area (Å²) >= 11 is 6.26. The summed E-state index contributed by atoms with van der Waals surface area (Å²) in [6, 6.07) is 11.7. The number of anilines is 4. The number of carbonyl (C=O) groups excluding carboxylic acids is 5. The fraction of sp³-hybridized carbons (Fsp3) is 0.450. The second kappa shape index (κ2) is 16.0. The number of aromatic nitrogens is 2. The minimum Gasteiger partial charge on any atom is -0.369 e. The number of urea groups is 1. The fourth-order valence-corrected chi connectivity index (χ4v) is 8.79. The standard InChI is InChI=1S/C40H44ClN11O5/c1-25-23-50(16-17-51(25)30-3-2-27(20-42)33(41)19-30)40(57)45-28-21-43-39(44-22-28)49-10-8-26(9-11-49)24-47-12-14-48(15-13-47)29-4-5-31-32(18-29)38(56)52(37(31)55)34-6-7-35(53)46-36(34)54/h2-5,18-19,21-22,25-26,34H,6-17,23-24H2,1H3,(H,45,57)(H,46,53,54). The minimum atomic E-state index is -0.978. The molecule has 296 valence electrons. The number of nitriles is 1. The van der Waals surface area contributed by atoms with Crippen LogP contribution in [0, 0.1) is 17.2 Å². The zero-order valence-electron chi connectivity index (χ0n) is 31.7. The quantitative estimate of drug-likeness (QED) is 0.335. The number of benzene rings is 2. The number of amides is 6. The van der Waals surface area contributed by atoms with E-state index in [1.165, 1.54) is 0 Å². The summed E-state index contributed by atoms with van der Waals surface area (Å²) in [4.78, 5) is 84.6. The van der Waals surface area contributed by atoms with Crippen LogP contribution in [0.1, 0.15) is 58.9 Å². The molecular weight excluding hydrogens is 750 g/mol. The number of piperazine rings is 2. The second-order valence-electron chi connectivity index (χ2n) is 15.4. The molecule has 2 unspecified atom stereocenters. The van der Waals surface area contributed by atoms with E-state index in [2.05, 4.69) is 53.2 Å². The molecule has 0 spiro atoms. The van der Waals surface area contributed by atoms with Crippen molar-refractivity contribution in [1.82, 2.24) is 30.0 Å². The first-order valence-electron chi connectivity index (χ1n) is 19.5. The maximum absolute atomic E-state index is 13.3. The third-order valence-corrected chi connectivity index (χ3v) is 12.1. The van der Waals surface area contributed by atoms with E-state index in [0.717, 1.165) is 74.9 Å². The Morgan fingerprint density at radius 1 is 0.877 bits per heavy atom. The van der Waals surface area contributed by atoms with E-state index in [1.807, 2.05) is 12.1 Å². The molecule has 4 saturated heterocycles. The summed E-state index contributed by atoms with van der Waals surface area (Å²) in [5.41, 5.74) is 3.37. The number of nitrogens with one attached hydrogen (secondary N) is 2. The molecule has 17 heteroatoms. The first-order valence-corrected chi connectivity index (χ1v) is 19.9. The Morgan fingerprint density at radius 2 is 1.60 bits per heavy atom. The molecule has 0 radical (unpaired) electrons. The fourth-order valence-electron chi connectivity index (χ4n) is 8.58. The van der Waals surface area contributed by atoms with E-state index in [-0.39, 0.29) is 30.5 Å². The van der Waals surface area contributed by atoms with E-state index >= 15 is 0 Å². The van der Waals surface area contributed by atoms with E-state index < -0.39 is 29.7 Å². The number of imide groups is 2. The van der Waals surface area contributed by atoms with Crippen LogP contribution in [0.2, 0.25) is 5.02 Å². The van der Waals surface area contributed by atoms with Crippen molar-refractivity contribution >= 4 is 64.3 Å². The lowest BCUT2D eigenvalue weighted by Crippen LogP contribution is -2.54. The van der Waals surface area contributed by atoms with Gasteiger partial charge in [0.25, 0.3) is 11.8 Å². The van der Waals surface area contributed by atoms with Gasteiger partial charge in [0.2, 0.25) is 17.8 Å². The van der Waals surface area contributed by atoms with E-state index in [9.17, 15) is 29.2 Å². The molecule has 6 amide bonds. The van der Waals surface area contributed by atoms with E-state index in [4.69, 9.17) is 11.6 Å². The number of hydrogen-bond donors (Lipinski definition) is 2. The second-order valence-corrected chi connectivity index (χ2v) is 15.8. The monoisotopic (exact) mass is 793 g/mol. The molecule has 8 rings (SSSR count). The molecule has 0 bridgehead atoms. The summed E-state index contributed by atoms with van der Waals surface area (Å²) in [5.74, 6) is -0.798. The predicted octanol–water partition coefficient (Wildman–Crippen LogP) is 3.18. The van der Waals surface area contributed by atoms with Crippen molar-refractivity contribution in [2.24, 2.45) is 5.92 Å². The van der Waals surface area contributed by atoms with Gasteiger partial charge < -0.3 is 24.9 Å². The van der Waals surface area contributed by atoms with Crippen LogP contribution < -0.4 is 25.3 Å². The Morgan fingerprint density at radius 3 is 2.28 bits per heavy atom. The van der Waals surface area contributed by atoms with Gasteiger partial charge in [-0.2, -0.15) is 5.26 Å². The van der Waals surface area contributed by atoms with Gasteiger partial charge in [0, 0.05) is 89.3 Å². The first-order chi connectivity index (χ1) is 27.6. The van der Waals surface area contributed by atoms with Gasteiger partial charge in [-0.1, -0.05) is 11.6 Å². The van der Waals surface area contributed by atoms with E-state index in [1.54, 1.807) is 41.6 Å². The SMILES string of the molecule is CC1CN(C(=O)Nc2cnc(N3CCC(CN4CCN(c5ccc6c(c5)C(=O)N(C5CCC(=O)NC5=O)C6=O)CC4)CC3)nc2)CCN1c1ccc(C#N)c(Cl)c1. The Hall–Kier alpha value is -5.79. The van der Waals surface area contributed by atoms with Gasteiger partial charge in [-0.15, -0.1) is 0 Å². The molecule has 0 aliphatic carbocycles. The van der Waals surface area contributed by atoms with E-state index in [0.29, 0.717) is 53.3 Å².